The first-order chi connectivity index (χ1) is 9.15. The summed E-state index contributed by atoms with van der Waals surface area (Å²) in [6.45, 7) is 6.07. The number of nitrogens with one attached hydrogen (secondary N) is 1. The molecule has 1 aromatic carbocycles. The maximum Gasteiger partial charge on any atom is 0.254 e. The molecule has 0 aliphatic heterocycles. The summed E-state index contributed by atoms with van der Waals surface area (Å²) in [7, 11) is 0. The largest absolute Gasteiger partial charge is 0.340 e. The molecule has 0 aliphatic rings. The molecule has 0 fully saturated rings. The minimum atomic E-state index is 0.609. The van der Waals surface area contributed by atoms with Crippen LogP contribution in [-0.2, 0) is 0 Å². The Morgan fingerprint density at radius 2 is 1.79 bits per heavy atom. The van der Waals surface area contributed by atoms with Crippen LogP contribution in [0.5, 0.6) is 0 Å². The quantitative estimate of drug-likeness (QED) is 0.763. The summed E-state index contributed by atoms with van der Waals surface area (Å²) in [5, 5.41) is 7.60. The second-order valence-corrected chi connectivity index (χ2v) is 4.63. The number of nitrogens with zero attached hydrogens (tertiary/aromatic N) is 4. The van der Waals surface area contributed by atoms with Crippen molar-refractivity contribution in [2.24, 2.45) is 0 Å². The highest BCUT2D eigenvalue weighted by Gasteiger charge is 2.10. The van der Waals surface area contributed by atoms with Gasteiger partial charge in [0, 0.05) is 16.9 Å². The monoisotopic (exact) mass is 253 g/mol. The molecular weight excluding hydrogens is 238 g/mol. The van der Waals surface area contributed by atoms with E-state index in [4.69, 9.17) is 0 Å². The third-order valence-electron chi connectivity index (χ3n) is 3.22. The third kappa shape index (κ3) is 2.03. The number of benzene rings is 1. The van der Waals surface area contributed by atoms with Gasteiger partial charge in [-0.25, -0.2) is 4.98 Å². The number of fused-ring (bicyclic) bond motifs is 1. The number of hydrogen-bond acceptors (Lipinski definition) is 4. The summed E-state index contributed by atoms with van der Waals surface area (Å²) >= 11 is 0. The van der Waals surface area contributed by atoms with Gasteiger partial charge in [0.2, 0.25) is 0 Å². The molecular formula is C14H15N5. The average molecular weight is 253 g/mol. The minimum Gasteiger partial charge on any atom is -0.340 e. The van der Waals surface area contributed by atoms with Crippen molar-refractivity contribution in [2.45, 2.75) is 20.8 Å². The van der Waals surface area contributed by atoms with Crippen molar-refractivity contribution in [3.8, 4) is 0 Å². The van der Waals surface area contributed by atoms with Crippen LogP contribution >= 0.6 is 0 Å². The zero-order valence-electron chi connectivity index (χ0n) is 11.2. The van der Waals surface area contributed by atoms with Crippen molar-refractivity contribution in [3.05, 3.63) is 47.4 Å². The first-order valence-electron chi connectivity index (χ1n) is 6.16. The van der Waals surface area contributed by atoms with Crippen molar-refractivity contribution in [3.63, 3.8) is 0 Å². The third-order valence-corrected chi connectivity index (χ3v) is 3.22. The summed E-state index contributed by atoms with van der Waals surface area (Å²) in [6.07, 6.45) is 1.52. The number of hydrogen-bond donors (Lipinski definition) is 1. The zero-order valence-corrected chi connectivity index (χ0v) is 11.2. The lowest BCUT2D eigenvalue weighted by atomic mass is 10.2. The van der Waals surface area contributed by atoms with Gasteiger partial charge in [0.05, 0.1) is 0 Å². The second-order valence-electron chi connectivity index (χ2n) is 4.63. The molecule has 96 valence electrons. The van der Waals surface area contributed by atoms with Gasteiger partial charge in [-0.2, -0.15) is 14.6 Å². The van der Waals surface area contributed by atoms with Gasteiger partial charge in [-0.05, 0) is 32.9 Å². The standard InChI is InChI=1S/C14H15N5/c1-9-4-6-12(7-5-9)18-13-10(2)11(3)17-14-15-8-16-19(13)14/h4-8,18H,1-3H3. The molecule has 0 spiro atoms. The van der Waals surface area contributed by atoms with E-state index in [9.17, 15) is 0 Å². The fraction of sp³-hybridized carbons (Fsp3) is 0.214. The van der Waals surface area contributed by atoms with Gasteiger partial charge >= 0.3 is 0 Å². The number of anilines is 2. The zero-order chi connectivity index (χ0) is 13.4. The van der Waals surface area contributed by atoms with Gasteiger partial charge in [-0.15, -0.1) is 0 Å². The highest BCUT2D eigenvalue weighted by molar-refractivity contribution is 5.62. The molecule has 0 amide bonds. The van der Waals surface area contributed by atoms with Gasteiger partial charge in [-0.3, -0.25) is 0 Å². The Kier molecular flexibility index (Phi) is 2.67. The lowest BCUT2D eigenvalue weighted by molar-refractivity contribution is 0.923. The first kappa shape index (κ1) is 11.6. The summed E-state index contributed by atoms with van der Waals surface area (Å²) in [5.74, 6) is 1.52. The molecule has 5 nitrogen and oxygen atoms in total. The van der Waals surface area contributed by atoms with Crippen molar-refractivity contribution in [1.29, 1.82) is 0 Å². The van der Waals surface area contributed by atoms with Crippen LogP contribution in [0.1, 0.15) is 16.8 Å². The second kappa shape index (κ2) is 4.35. The van der Waals surface area contributed by atoms with E-state index in [0.29, 0.717) is 5.78 Å². The van der Waals surface area contributed by atoms with Crippen LogP contribution in [0.2, 0.25) is 0 Å². The molecule has 0 aliphatic carbocycles. The summed E-state index contributed by atoms with van der Waals surface area (Å²) < 4.78 is 1.72. The number of aromatic nitrogens is 4. The van der Waals surface area contributed by atoms with Crippen molar-refractivity contribution in [2.75, 3.05) is 5.32 Å². The van der Waals surface area contributed by atoms with Gasteiger partial charge < -0.3 is 5.32 Å². The fourth-order valence-corrected chi connectivity index (χ4v) is 1.95. The van der Waals surface area contributed by atoms with Gasteiger partial charge in [0.1, 0.15) is 12.1 Å². The van der Waals surface area contributed by atoms with E-state index in [1.54, 1.807) is 4.52 Å². The summed E-state index contributed by atoms with van der Waals surface area (Å²) in [4.78, 5) is 8.54. The lowest BCUT2D eigenvalue weighted by Crippen LogP contribution is -2.06. The van der Waals surface area contributed by atoms with E-state index < -0.39 is 0 Å². The molecule has 0 bridgehead atoms. The van der Waals surface area contributed by atoms with Crippen LogP contribution < -0.4 is 5.32 Å². The van der Waals surface area contributed by atoms with Gasteiger partial charge in [0.15, 0.2) is 0 Å². The maximum absolute atomic E-state index is 4.40. The van der Waals surface area contributed by atoms with Crippen LogP contribution in [0.25, 0.3) is 5.78 Å². The predicted octanol–water partition coefficient (Wildman–Crippen LogP) is 2.79. The predicted molar refractivity (Wildman–Crippen MR) is 74.7 cm³/mol. The molecule has 3 aromatic rings. The number of rotatable bonds is 2. The summed E-state index contributed by atoms with van der Waals surface area (Å²) in [6, 6.07) is 8.25. The Hall–Kier alpha value is -2.43. The Bertz CT molecular complexity index is 727. The maximum atomic E-state index is 4.40. The highest BCUT2D eigenvalue weighted by atomic mass is 15.4. The van der Waals surface area contributed by atoms with E-state index in [2.05, 4.69) is 39.4 Å². The normalized spacial score (nSPS) is 10.9. The van der Waals surface area contributed by atoms with E-state index in [0.717, 1.165) is 22.8 Å². The smallest absolute Gasteiger partial charge is 0.254 e. The van der Waals surface area contributed by atoms with Gasteiger partial charge in [-0.1, -0.05) is 17.7 Å². The topological polar surface area (TPSA) is 55.1 Å². The van der Waals surface area contributed by atoms with Crippen LogP contribution in [0.15, 0.2) is 30.6 Å². The molecule has 3 rings (SSSR count). The van der Waals surface area contributed by atoms with Crippen molar-refractivity contribution >= 4 is 17.3 Å². The summed E-state index contributed by atoms with van der Waals surface area (Å²) in [5.41, 5.74) is 4.28. The molecule has 5 heteroatoms. The molecule has 2 heterocycles. The molecule has 0 atom stereocenters. The molecule has 0 unspecified atom stereocenters. The van der Waals surface area contributed by atoms with Gasteiger partial charge in [0.25, 0.3) is 5.78 Å². The Morgan fingerprint density at radius 3 is 2.53 bits per heavy atom. The van der Waals surface area contributed by atoms with Crippen LogP contribution in [-0.4, -0.2) is 19.6 Å². The van der Waals surface area contributed by atoms with Crippen LogP contribution in [0.3, 0.4) is 0 Å². The Morgan fingerprint density at radius 1 is 1.05 bits per heavy atom. The molecule has 0 saturated carbocycles. The first-order valence-corrected chi connectivity index (χ1v) is 6.16. The van der Waals surface area contributed by atoms with E-state index in [-0.39, 0.29) is 0 Å². The molecule has 0 saturated heterocycles. The fourth-order valence-electron chi connectivity index (χ4n) is 1.95. The van der Waals surface area contributed by atoms with Crippen LogP contribution in [0, 0.1) is 20.8 Å². The molecule has 0 radical (unpaired) electrons. The lowest BCUT2D eigenvalue weighted by Gasteiger charge is -2.12. The Balaban J connectivity index is 2.11. The Labute approximate surface area is 111 Å². The van der Waals surface area contributed by atoms with E-state index in [1.165, 1.54) is 11.9 Å². The molecule has 2 aromatic heterocycles. The van der Waals surface area contributed by atoms with E-state index in [1.807, 2.05) is 26.0 Å². The molecule has 1 N–H and O–H groups in total. The van der Waals surface area contributed by atoms with Crippen molar-refractivity contribution in [1.82, 2.24) is 19.6 Å². The van der Waals surface area contributed by atoms with Crippen molar-refractivity contribution < 1.29 is 0 Å². The van der Waals surface area contributed by atoms with Crippen LogP contribution in [0.4, 0.5) is 11.5 Å². The van der Waals surface area contributed by atoms with E-state index >= 15 is 0 Å². The minimum absolute atomic E-state index is 0.609. The number of aryl methyl sites for hydroxylation is 2. The average Bonchev–Trinajstić information content (AvgIpc) is 2.85. The highest BCUT2D eigenvalue weighted by Crippen LogP contribution is 2.22. The molecule has 19 heavy (non-hydrogen) atoms. The SMILES string of the molecule is Cc1ccc(Nc2c(C)c(C)nc3ncnn23)cc1.